The Morgan fingerprint density at radius 1 is 0.843 bits per heavy atom. The normalized spacial score (nSPS) is 19.4. The highest BCUT2D eigenvalue weighted by Crippen LogP contribution is 2.38. The van der Waals surface area contributed by atoms with Crippen molar-refractivity contribution < 1.29 is 19.1 Å². The largest absolute Gasteiger partial charge is 0.444 e. The third kappa shape index (κ3) is 7.16. The molecule has 2 saturated heterocycles. The monoisotopic (exact) mass is 686 g/mol. The van der Waals surface area contributed by atoms with Gasteiger partial charge in [0.2, 0.25) is 0 Å². The molecule has 4 heterocycles. The van der Waals surface area contributed by atoms with Gasteiger partial charge in [-0.05, 0) is 132 Å². The number of carbonyl (C=O) groups excluding carboxylic acids is 2. The summed E-state index contributed by atoms with van der Waals surface area (Å²) in [7, 11) is 0. The molecule has 0 spiro atoms. The van der Waals surface area contributed by atoms with E-state index >= 15 is 0 Å². The van der Waals surface area contributed by atoms with Gasteiger partial charge in [-0.2, -0.15) is 0 Å². The number of likely N-dealkylation sites (tertiary alicyclic amines) is 2. The molecular formula is C41H46N6O4. The smallest absolute Gasteiger partial charge is 0.411 e. The zero-order valence-corrected chi connectivity index (χ0v) is 30.5. The first-order chi connectivity index (χ1) is 24.1. The number of ether oxygens (including phenoxy) is 2. The van der Waals surface area contributed by atoms with E-state index in [1.807, 2.05) is 60.6 Å². The van der Waals surface area contributed by atoms with Crippen LogP contribution in [0.15, 0.2) is 60.8 Å². The third-order valence-electron chi connectivity index (χ3n) is 9.55. The highest BCUT2D eigenvalue weighted by Gasteiger charge is 2.45. The summed E-state index contributed by atoms with van der Waals surface area (Å²) in [5.74, 6) is 8.01. The zero-order valence-electron chi connectivity index (χ0n) is 30.5. The number of amides is 2. The van der Waals surface area contributed by atoms with Gasteiger partial charge in [0.25, 0.3) is 0 Å². The van der Waals surface area contributed by atoms with Crippen molar-refractivity contribution in [1.82, 2.24) is 29.7 Å². The van der Waals surface area contributed by atoms with Gasteiger partial charge in [-0.3, -0.25) is 9.80 Å². The number of nitrogens with zero attached hydrogens (tertiary/aromatic N) is 4. The molecule has 3 aromatic carbocycles. The molecule has 5 aromatic rings. The van der Waals surface area contributed by atoms with E-state index in [0.717, 1.165) is 70.0 Å². The fourth-order valence-corrected chi connectivity index (χ4v) is 7.08. The van der Waals surface area contributed by atoms with Crippen LogP contribution in [0.4, 0.5) is 9.59 Å². The van der Waals surface area contributed by atoms with Crippen LogP contribution >= 0.6 is 0 Å². The number of aromatic amines is 2. The number of aromatic nitrogens is 4. The molecule has 2 aliphatic heterocycles. The Labute approximate surface area is 298 Å². The van der Waals surface area contributed by atoms with Crippen LogP contribution in [0.5, 0.6) is 0 Å². The summed E-state index contributed by atoms with van der Waals surface area (Å²) in [4.78, 5) is 45.7. The standard InChI is InChI=1S/C41H46N6O4/c1-39(2,3)50-37(48)46-20-8-10-34(46)35-44-32-18-16-30(24-33(32)45-35)29-15-14-27-22-26(11-13-28(27)23-29)12-17-31-25-42-36(43-31)41(7)19-9-21-47(41)38(49)51-40(4,5)6/h11,13-16,18,22-25,34H,8-10,19-21H2,1-7H3,(H,42,43)(H,44,45)/t34-,41+/m0/s1. The summed E-state index contributed by atoms with van der Waals surface area (Å²) in [6, 6.07) is 18.8. The lowest BCUT2D eigenvalue weighted by Gasteiger charge is -2.34. The van der Waals surface area contributed by atoms with Gasteiger partial charge in [0.05, 0.1) is 23.3 Å². The molecule has 2 fully saturated rings. The van der Waals surface area contributed by atoms with Gasteiger partial charge in [0, 0.05) is 18.7 Å². The zero-order chi connectivity index (χ0) is 36.1. The maximum absolute atomic E-state index is 13.0. The second-order valence-electron chi connectivity index (χ2n) is 15.9. The molecule has 10 heteroatoms. The molecule has 0 radical (unpaired) electrons. The summed E-state index contributed by atoms with van der Waals surface area (Å²) >= 11 is 0. The van der Waals surface area contributed by atoms with E-state index in [4.69, 9.17) is 14.5 Å². The second kappa shape index (κ2) is 12.8. The van der Waals surface area contributed by atoms with Crippen molar-refractivity contribution in [3.63, 3.8) is 0 Å². The van der Waals surface area contributed by atoms with Gasteiger partial charge < -0.3 is 19.4 Å². The molecule has 2 atom stereocenters. The lowest BCUT2D eigenvalue weighted by molar-refractivity contribution is 0.00856. The van der Waals surface area contributed by atoms with Crippen LogP contribution in [0.25, 0.3) is 32.9 Å². The van der Waals surface area contributed by atoms with Crippen molar-refractivity contribution in [2.24, 2.45) is 0 Å². The summed E-state index contributed by atoms with van der Waals surface area (Å²) in [5, 5.41) is 2.21. The lowest BCUT2D eigenvalue weighted by atomic mass is 9.98. The predicted octanol–water partition coefficient (Wildman–Crippen LogP) is 8.82. The summed E-state index contributed by atoms with van der Waals surface area (Å²) in [5.41, 5.74) is 3.89. The predicted molar refractivity (Wildman–Crippen MR) is 198 cm³/mol. The van der Waals surface area contributed by atoms with Crippen molar-refractivity contribution in [3.8, 4) is 23.0 Å². The van der Waals surface area contributed by atoms with Crippen molar-refractivity contribution in [2.75, 3.05) is 13.1 Å². The van der Waals surface area contributed by atoms with E-state index in [2.05, 4.69) is 69.3 Å². The van der Waals surface area contributed by atoms with Crippen molar-refractivity contribution in [3.05, 3.63) is 83.7 Å². The quantitative estimate of drug-likeness (QED) is 0.183. The van der Waals surface area contributed by atoms with Gasteiger partial charge in [0.1, 0.15) is 34.1 Å². The van der Waals surface area contributed by atoms with Crippen LogP contribution in [0.1, 0.15) is 103 Å². The molecule has 2 aliphatic rings. The van der Waals surface area contributed by atoms with E-state index < -0.39 is 16.7 Å². The average molecular weight is 687 g/mol. The fraction of sp³-hybridized carbons (Fsp3) is 0.415. The van der Waals surface area contributed by atoms with Crippen LogP contribution in [-0.4, -0.2) is 66.2 Å². The number of carbonyl (C=O) groups is 2. The first-order valence-electron chi connectivity index (χ1n) is 17.8. The number of benzene rings is 3. The molecule has 2 aromatic heterocycles. The van der Waals surface area contributed by atoms with Gasteiger partial charge in [0.15, 0.2) is 0 Å². The number of nitrogens with one attached hydrogen (secondary N) is 2. The number of hydrogen-bond donors (Lipinski definition) is 2. The molecule has 10 nitrogen and oxygen atoms in total. The molecule has 0 saturated carbocycles. The molecule has 0 aliphatic carbocycles. The first-order valence-corrected chi connectivity index (χ1v) is 17.8. The Hall–Kier alpha value is -5.30. The minimum Gasteiger partial charge on any atom is -0.444 e. The van der Waals surface area contributed by atoms with E-state index in [0.29, 0.717) is 24.6 Å². The molecule has 7 rings (SSSR count). The highest BCUT2D eigenvalue weighted by atomic mass is 16.6. The SMILES string of the molecule is CC(C)(C)OC(=O)N1CCC[C@H]1c1nc2ccc(-c3ccc4cc(C#Cc5cnc([C@@]6(C)CCCN6C(=O)OC(C)(C)C)[nH]5)ccc4c3)cc2[nH]1. The first kappa shape index (κ1) is 34.2. The van der Waals surface area contributed by atoms with Crippen molar-refractivity contribution in [1.29, 1.82) is 0 Å². The maximum Gasteiger partial charge on any atom is 0.411 e. The number of H-pyrrole nitrogens is 2. The van der Waals surface area contributed by atoms with Crippen LogP contribution in [0, 0.1) is 11.8 Å². The van der Waals surface area contributed by atoms with Gasteiger partial charge in [-0.1, -0.05) is 30.2 Å². The van der Waals surface area contributed by atoms with Crippen LogP contribution in [0.3, 0.4) is 0 Å². The van der Waals surface area contributed by atoms with Crippen molar-refractivity contribution >= 4 is 34.0 Å². The molecule has 2 N–H and O–H groups in total. The number of hydrogen-bond acceptors (Lipinski definition) is 6. The highest BCUT2D eigenvalue weighted by molar-refractivity contribution is 5.90. The molecule has 0 bridgehead atoms. The maximum atomic E-state index is 13.0. The number of imidazole rings is 2. The number of rotatable bonds is 3. The lowest BCUT2D eigenvalue weighted by Crippen LogP contribution is -2.46. The third-order valence-corrected chi connectivity index (χ3v) is 9.55. The molecule has 0 unspecified atom stereocenters. The van der Waals surface area contributed by atoms with Crippen molar-refractivity contribution in [2.45, 2.75) is 96.9 Å². The topological polar surface area (TPSA) is 116 Å². The summed E-state index contributed by atoms with van der Waals surface area (Å²) in [6.45, 7) is 14.6. The Morgan fingerprint density at radius 2 is 1.55 bits per heavy atom. The van der Waals surface area contributed by atoms with E-state index in [1.54, 1.807) is 16.0 Å². The van der Waals surface area contributed by atoms with E-state index in [9.17, 15) is 9.59 Å². The molecule has 264 valence electrons. The minimum atomic E-state index is -0.577. The van der Waals surface area contributed by atoms with Crippen LogP contribution in [-0.2, 0) is 15.0 Å². The van der Waals surface area contributed by atoms with Crippen LogP contribution in [0.2, 0.25) is 0 Å². The molecule has 2 amide bonds. The Balaban J connectivity index is 1.06. The van der Waals surface area contributed by atoms with E-state index in [-0.39, 0.29) is 18.2 Å². The second-order valence-corrected chi connectivity index (χ2v) is 15.9. The summed E-state index contributed by atoms with van der Waals surface area (Å²) in [6.07, 6.45) is 4.55. The number of fused-ring (bicyclic) bond motifs is 2. The Bertz CT molecular complexity index is 2190. The van der Waals surface area contributed by atoms with Crippen LogP contribution < -0.4 is 0 Å². The molecular weight excluding hydrogens is 640 g/mol. The van der Waals surface area contributed by atoms with E-state index in [1.165, 1.54) is 0 Å². The van der Waals surface area contributed by atoms with Gasteiger partial charge in [-0.15, -0.1) is 0 Å². The Morgan fingerprint density at radius 3 is 2.33 bits per heavy atom. The Kier molecular flexibility index (Phi) is 8.57. The fourth-order valence-electron chi connectivity index (χ4n) is 7.08. The van der Waals surface area contributed by atoms with Gasteiger partial charge >= 0.3 is 12.2 Å². The minimum absolute atomic E-state index is 0.130. The van der Waals surface area contributed by atoms with Gasteiger partial charge in [-0.25, -0.2) is 19.6 Å². The summed E-state index contributed by atoms with van der Waals surface area (Å²) < 4.78 is 11.3. The molecule has 51 heavy (non-hydrogen) atoms. The average Bonchev–Trinajstić information content (AvgIpc) is 3.87.